The fourth-order valence-corrected chi connectivity index (χ4v) is 1.30. The van der Waals surface area contributed by atoms with Crippen molar-refractivity contribution in [3.05, 3.63) is 30.3 Å². The zero-order valence-corrected chi connectivity index (χ0v) is 7.94. The van der Waals surface area contributed by atoms with Crippen molar-refractivity contribution < 1.29 is 18.2 Å². The minimum Gasteiger partial charge on any atom is -0.403 e. The highest BCUT2D eigenvalue weighted by Crippen LogP contribution is 2.46. The van der Waals surface area contributed by atoms with Gasteiger partial charge in [-0.15, -0.1) is 0 Å². The molecule has 6 heteroatoms. The average molecular weight is 203 g/mol. The topological polar surface area (TPSA) is 70.8 Å². The maximum Gasteiger partial charge on any atom is 0.546 e. The molecule has 1 aromatic carbocycles. The van der Waals surface area contributed by atoms with Gasteiger partial charge in [-0.2, -0.15) is 4.62 Å². The summed E-state index contributed by atoms with van der Waals surface area (Å²) in [5.41, 5.74) is 0. The van der Waals surface area contributed by atoms with Crippen molar-refractivity contribution in [2.24, 2.45) is 5.90 Å². The highest BCUT2D eigenvalue weighted by atomic mass is 31.2. The van der Waals surface area contributed by atoms with Crippen LogP contribution in [0, 0.1) is 0 Å². The molecule has 13 heavy (non-hydrogen) atoms. The Hall–Kier alpha value is -0.870. The van der Waals surface area contributed by atoms with Crippen molar-refractivity contribution in [1.29, 1.82) is 0 Å². The Kier molecular flexibility index (Phi) is 3.45. The first kappa shape index (κ1) is 10.2. The molecule has 0 aliphatic heterocycles. The monoisotopic (exact) mass is 203 g/mol. The van der Waals surface area contributed by atoms with Crippen LogP contribution < -0.4 is 10.4 Å². The van der Waals surface area contributed by atoms with E-state index >= 15 is 0 Å². The summed E-state index contributed by atoms with van der Waals surface area (Å²) in [7, 11) is -2.43. The third kappa shape index (κ3) is 2.82. The predicted octanol–water partition coefficient (Wildman–Crippen LogP) is 1.71. The van der Waals surface area contributed by atoms with Crippen LogP contribution in [0.1, 0.15) is 0 Å². The minimum atomic E-state index is -3.63. The molecule has 1 aromatic rings. The Labute approximate surface area is 76.0 Å². The highest BCUT2D eigenvalue weighted by molar-refractivity contribution is 7.48. The number of phosphoric acid groups is 1. The van der Waals surface area contributed by atoms with Gasteiger partial charge in [0, 0.05) is 7.11 Å². The third-order valence-corrected chi connectivity index (χ3v) is 2.45. The summed E-state index contributed by atoms with van der Waals surface area (Å²) >= 11 is 0. The summed E-state index contributed by atoms with van der Waals surface area (Å²) in [5, 5.41) is 0. The van der Waals surface area contributed by atoms with E-state index in [1.165, 1.54) is 7.11 Å². The van der Waals surface area contributed by atoms with Crippen molar-refractivity contribution in [2.45, 2.75) is 0 Å². The molecular formula is C7H10NO4P. The van der Waals surface area contributed by atoms with Crippen molar-refractivity contribution >= 4 is 7.82 Å². The van der Waals surface area contributed by atoms with Crippen LogP contribution in [0.2, 0.25) is 0 Å². The van der Waals surface area contributed by atoms with Gasteiger partial charge in [-0.25, -0.2) is 10.5 Å². The number of hydrogen-bond donors (Lipinski definition) is 1. The smallest absolute Gasteiger partial charge is 0.403 e. The third-order valence-electron chi connectivity index (χ3n) is 1.31. The van der Waals surface area contributed by atoms with E-state index in [1.807, 2.05) is 0 Å². The summed E-state index contributed by atoms with van der Waals surface area (Å²) in [6.07, 6.45) is 0. The second kappa shape index (κ2) is 4.39. The maximum atomic E-state index is 11.3. The standard InChI is InChI=1S/C7H10NO4P/c1-10-13(9,12-8)11-7-5-3-2-4-6-7/h2-6H,8H2,1H3. The van der Waals surface area contributed by atoms with E-state index < -0.39 is 7.82 Å². The van der Waals surface area contributed by atoms with Crippen molar-refractivity contribution in [1.82, 2.24) is 0 Å². The molecule has 0 radical (unpaired) electrons. The molecule has 0 aliphatic rings. The van der Waals surface area contributed by atoms with Crippen molar-refractivity contribution in [2.75, 3.05) is 7.11 Å². The molecular weight excluding hydrogens is 193 g/mol. The Bertz CT molecular complexity index is 295. The summed E-state index contributed by atoms with van der Waals surface area (Å²) in [6, 6.07) is 8.49. The molecule has 0 saturated carbocycles. The van der Waals surface area contributed by atoms with Crippen molar-refractivity contribution in [3.63, 3.8) is 0 Å². The molecule has 0 amide bonds. The first-order valence-electron chi connectivity index (χ1n) is 3.49. The molecule has 0 aromatic heterocycles. The normalized spacial score (nSPS) is 14.9. The van der Waals surface area contributed by atoms with Crippen LogP contribution in [0.25, 0.3) is 0 Å². The van der Waals surface area contributed by atoms with Gasteiger partial charge in [-0.05, 0) is 12.1 Å². The molecule has 5 nitrogen and oxygen atoms in total. The van der Waals surface area contributed by atoms with Gasteiger partial charge in [0.1, 0.15) is 5.75 Å². The van der Waals surface area contributed by atoms with E-state index in [0.29, 0.717) is 5.75 Å². The highest BCUT2D eigenvalue weighted by Gasteiger charge is 2.25. The summed E-state index contributed by atoms with van der Waals surface area (Å²) in [4.78, 5) is 0. The van der Waals surface area contributed by atoms with Crippen LogP contribution in [0.4, 0.5) is 0 Å². The number of para-hydroxylation sites is 1. The number of benzene rings is 1. The summed E-state index contributed by atoms with van der Waals surface area (Å²) < 4.78 is 24.8. The van der Waals surface area contributed by atoms with Gasteiger partial charge in [0.05, 0.1) is 0 Å². The molecule has 0 fully saturated rings. The maximum absolute atomic E-state index is 11.3. The first-order valence-corrected chi connectivity index (χ1v) is 4.95. The average Bonchev–Trinajstić information content (AvgIpc) is 2.19. The second-order valence-electron chi connectivity index (χ2n) is 2.14. The van der Waals surface area contributed by atoms with E-state index in [9.17, 15) is 4.57 Å². The lowest BCUT2D eigenvalue weighted by molar-refractivity contribution is 0.182. The SMILES string of the molecule is COP(=O)(ON)Oc1ccccc1. The molecule has 0 bridgehead atoms. The van der Waals surface area contributed by atoms with Gasteiger partial charge in [-0.3, -0.25) is 4.52 Å². The van der Waals surface area contributed by atoms with Crippen LogP contribution in [0.3, 0.4) is 0 Å². The fraction of sp³-hybridized carbons (Fsp3) is 0.143. The van der Waals surface area contributed by atoms with E-state index in [2.05, 4.69) is 9.15 Å². The first-order chi connectivity index (χ1) is 6.20. The van der Waals surface area contributed by atoms with Gasteiger partial charge in [0.25, 0.3) is 0 Å². The van der Waals surface area contributed by atoms with E-state index in [4.69, 9.17) is 10.4 Å². The predicted molar refractivity (Wildman–Crippen MR) is 47.0 cm³/mol. The van der Waals surface area contributed by atoms with Crippen molar-refractivity contribution in [3.8, 4) is 5.75 Å². The van der Waals surface area contributed by atoms with Gasteiger partial charge < -0.3 is 4.52 Å². The molecule has 2 N–H and O–H groups in total. The molecule has 0 spiro atoms. The molecule has 1 rings (SSSR count). The van der Waals surface area contributed by atoms with E-state index in [0.717, 1.165) is 0 Å². The van der Waals surface area contributed by atoms with Crippen LogP contribution >= 0.6 is 7.82 Å². The Morgan fingerprint density at radius 2 is 1.92 bits per heavy atom. The van der Waals surface area contributed by atoms with Gasteiger partial charge in [0.15, 0.2) is 0 Å². The second-order valence-corrected chi connectivity index (χ2v) is 3.79. The Morgan fingerprint density at radius 1 is 1.31 bits per heavy atom. The Balaban J connectivity index is 2.74. The van der Waals surface area contributed by atoms with Crippen LogP contribution in [0.5, 0.6) is 5.75 Å². The van der Waals surface area contributed by atoms with Crippen LogP contribution in [-0.2, 0) is 13.7 Å². The molecule has 1 unspecified atom stereocenters. The largest absolute Gasteiger partial charge is 0.546 e. The van der Waals surface area contributed by atoms with E-state index in [-0.39, 0.29) is 0 Å². The Morgan fingerprint density at radius 3 is 2.38 bits per heavy atom. The van der Waals surface area contributed by atoms with Gasteiger partial charge in [-0.1, -0.05) is 18.2 Å². The number of phosphoric ester groups is 1. The quantitative estimate of drug-likeness (QED) is 0.595. The molecule has 0 aliphatic carbocycles. The lowest BCUT2D eigenvalue weighted by Crippen LogP contribution is -2.04. The lowest BCUT2D eigenvalue weighted by Gasteiger charge is -2.12. The van der Waals surface area contributed by atoms with E-state index in [1.54, 1.807) is 30.3 Å². The zero-order chi connectivity index (χ0) is 9.73. The minimum absolute atomic E-state index is 0.373. The molecule has 1 atom stereocenters. The van der Waals surface area contributed by atoms with Crippen LogP contribution in [-0.4, -0.2) is 7.11 Å². The van der Waals surface area contributed by atoms with Crippen LogP contribution in [0.15, 0.2) is 30.3 Å². The molecule has 0 heterocycles. The zero-order valence-electron chi connectivity index (χ0n) is 7.04. The van der Waals surface area contributed by atoms with Gasteiger partial charge >= 0.3 is 7.82 Å². The number of rotatable bonds is 4. The summed E-state index contributed by atoms with van der Waals surface area (Å²) in [6.45, 7) is 0. The number of nitrogens with two attached hydrogens (primary N) is 1. The fourth-order valence-electron chi connectivity index (χ4n) is 0.712. The molecule has 72 valence electrons. The summed E-state index contributed by atoms with van der Waals surface area (Å²) in [5.74, 6) is 5.13. The molecule has 0 saturated heterocycles. The number of hydrogen-bond acceptors (Lipinski definition) is 5. The van der Waals surface area contributed by atoms with Gasteiger partial charge in [0.2, 0.25) is 0 Å². The lowest BCUT2D eigenvalue weighted by atomic mass is 10.3.